The molecule has 1 aromatic rings. The van der Waals surface area contributed by atoms with E-state index in [1.807, 2.05) is 13.0 Å². The van der Waals surface area contributed by atoms with Gasteiger partial charge in [-0.15, -0.1) is 0 Å². The molecule has 0 aliphatic carbocycles. The molecular formula is C6H9N3O. The van der Waals surface area contributed by atoms with Gasteiger partial charge < -0.3 is 0 Å². The van der Waals surface area contributed by atoms with E-state index >= 15 is 0 Å². The van der Waals surface area contributed by atoms with Gasteiger partial charge in [-0.25, -0.2) is 15.9 Å². The van der Waals surface area contributed by atoms with Crippen molar-refractivity contribution in [2.75, 3.05) is 0 Å². The minimum Gasteiger partial charge on any atom is -0.298 e. The van der Waals surface area contributed by atoms with Crippen LogP contribution in [0.3, 0.4) is 0 Å². The third-order valence-corrected chi connectivity index (χ3v) is 1.09. The van der Waals surface area contributed by atoms with Crippen LogP contribution in [-0.2, 0) is 11.4 Å². The Morgan fingerprint density at radius 1 is 1.60 bits per heavy atom. The summed E-state index contributed by atoms with van der Waals surface area (Å²) in [5, 5.41) is 0. The lowest BCUT2D eigenvalue weighted by molar-refractivity contribution is 0.121. The fraction of sp³-hybridized carbons (Fsp3) is 0.333. The highest BCUT2D eigenvalue weighted by Crippen LogP contribution is 1.95. The van der Waals surface area contributed by atoms with Crippen molar-refractivity contribution in [1.29, 1.82) is 0 Å². The fourth-order valence-corrected chi connectivity index (χ4v) is 0.674. The number of hydrogen-bond acceptors (Lipinski definition) is 4. The second kappa shape index (κ2) is 3.24. The number of hydrogen-bond donors (Lipinski definition) is 1. The monoisotopic (exact) mass is 139 g/mol. The first-order chi connectivity index (χ1) is 4.83. The molecule has 4 heteroatoms. The Morgan fingerprint density at radius 3 is 3.00 bits per heavy atom. The van der Waals surface area contributed by atoms with Crippen LogP contribution < -0.4 is 5.90 Å². The minimum atomic E-state index is 0.337. The van der Waals surface area contributed by atoms with Crippen molar-refractivity contribution in [3.63, 3.8) is 0 Å². The zero-order valence-electron chi connectivity index (χ0n) is 5.74. The Bertz CT molecular complexity index is 214. The van der Waals surface area contributed by atoms with Crippen LogP contribution >= 0.6 is 0 Å². The minimum absolute atomic E-state index is 0.337. The van der Waals surface area contributed by atoms with E-state index in [9.17, 15) is 0 Å². The normalized spacial score (nSPS) is 9.80. The highest BCUT2D eigenvalue weighted by atomic mass is 16.6. The van der Waals surface area contributed by atoms with Gasteiger partial charge in [-0.3, -0.25) is 4.84 Å². The van der Waals surface area contributed by atoms with Crippen LogP contribution in [0.4, 0.5) is 0 Å². The van der Waals surface area contributed by atoms with E-state index in [0.717, 1.165) is 11.4 Å². The van der Waals surface area contributed by atoms with Crippen LogP contribution in [0.2, 0.25) is 0 Å². The lowest BCUT2D eigenvalue weighted by atomic mass is 10.3. The molecule has 0 bridgehead atoms. The first-order valence-electron chi connectivity index (χ1n) is 2.92. The number of rotatable bonds is 2. The summed E-state index contributed by atoms with van der Waals surface area (Å²) in [6, 6.07) is 1.83. The van der Waals surface area contributed by atoms with Gasteiger partial charge in [-0.05, 0) is 13.0 Å². The van der Waals surface area contributed by atoms with Gasteiger partial charge in [0.1, 0.15) is 12.9 Å². The average Bonchev–Trinajstić information content (AvgIpc) is 1.88. The van der Waals surface area contributed by atoms with E-state index in [1.165, 1.54) is 6.33 Å². The summed E-state index contributed by atoms with van der Waals surface area (Å²) in [6.07, 6.45) is 1.49. The molecule has 0 unspecified atom stereocenters. The van der Waals surface area contributed by atoms with E-state index in [2.05, 4.69) is 14.8 Å². The molecule has 1 aromatic heterocycles. The second-order valence-corrected chi connectivity index (χ2v) is 1.96. The maximum Gasteiger partial charge on any atom is 0.116 e. The van der Waals surface area contributed by atoms with Crippen molar-refractivity contribution >= 4 is 0 Å². The summed E-state index contributed by atoms with van der Waals surface area (Å²) in [7, 11) is 0. The zero-order valence-corrected chi connectivity index (χ0v) is 5.74. The molecule has 0 saturated carbocycles. The molecule has 0 fully saturated rings. The first kappa shape index (κ1) is 7.11. The number of nitrogens with two attached hydrogens (primary N) is 1. The van der Waals surface area contributed by atoms with Crippen molar-refractivity contribution in [3.05, 3.63) is 23.8 Å². The van der Waals surface area contributed by atoms with E-state index in [1.54, 1.807) is 0 Å². The van der Waals surface area contributed by atoms with Gasteiger partial charge in [0.15, 0.2) is 0 Å². The standard InChI is InChI=1S/C6H9N3O/c1-5-2-6(3-10-7)9-4-8-5/h2,4H,3,7H2,1H3. The maximum atomic E-state index is 4.85. The van der Waals surface area contributed by atoms with E-state index in [-0.39, 0.29) is 0 Å². The Kier molecular flexibility index (Phi) is 2.30. The van der Waals surface area contributed by atoms with Gasteiger partial charge in [-0.1, -0.05) is 0 Å². The van der Waals surface area contributed by atoms with E-state index < -0.39 is 0 Å². The molecule has 0 spiro atoms. The van der Waals surface area contributed by atoms with Gasteiger partial charge in [-0.2, -0.15) is 0 Å². The van der Waals surface area contributed by atoms with Crippen molar-refractivity contribution < 1.29 is 4.84 Å². The molecule has 0 radical (unpaired) electrons. The van der Waals surface area contributed by atoms with Crippen LogP contribution in [-0.4, -0.2) is 9.97 Å². The molecule has 1 rings (SSSR count). The van der Waals surface area contributed by atoms with Gasteiger partial charge in [0.2, 0.25) is 0 Å². The Labute approximate surface area is 59.0 Å². The number of aryl methyl sites for hydroxylation is 1. The summed E-state index contributed by atoms with van der Waals surface area (Å²) < 4.78 is 0. The van der Waals surface area contributed by atoms with Gasteiger partial charge >= 0.3 is 0 Å². The maximum absolute atomic E-state index is 4.85. The lowest BCUT2D eigenvalue weighted by Gasteiger charge is -1.96. The van der Waals surface area contributed by atoms with Crippen LogP contribution in [0.1, 0.15) is 11.4 Å². The molecule has 0 aromatic carbocycles. The number of aromatic nitrogens is 2. The van der Waals surface area contributed by atoms with Gasteiger partial charge in [0.05, 0.1) is 5.69 Å². The van der Waals surface area contributed by atoms with Crippen molar-refractivity contribution in [2.45, 2.75) is 13.5 Å². The molecule has 4 nitrogen and oxygen atoms in total. The molecule has 0 atom stereocenters. The molecule has 0 amide bonds. The molecule has 0 saturated heterocycles. The van der Waals surface area contributed by atoms with Gasteiger partial charge in [0.25, 0.3) is 0 Å². The fourth-order valence-electron chi connectivity index (χ4n) is 0.674. The summed E-state index contributed by atoms with van der Waals surface area (Å²) >= 11 is 0. The second-order valence-electron chi connectivity index (χ2n) is 1.96. The summed E-state index contributed by atoms with van der Waals surface area (Å²) in [5.74, 6) is 4.85. The Morgan fingerprint density at radius 2 is 2.40 bits per heavy atom. The van der Waals surface area contributed by atoms with E-state index in [4.69, 9.17) is 5.90 Å². The van der Waals surface area contributed by atoms with Crippen molar-refractivity contribution in [1.82, 2.24) is 9.97 Å². The molecule has 10 heavy (non-hydrogen) atoms. The highest BCUT2D eigenvalue weighted by molar-refractivity contribution is 5.04. The largest absolute Gasteiger partial charge is 0.298 e. The van der Waals surface area contributed by atoms with Crippen molar-refractivity contribution in [2.24, 2.45) is 5.90 Å². The summed E-state index contributed by atoms with van der Waals surface area (Å²) in [6.45, 7) is 2.23. The molecule has 54 valence electrons. The lowest BCUT2D eigenvalue weighted by Crippen LogP contribution is -2.01. The van der Waals surface area contributed by atoms with Gasteiger partial charge in [0, 0.05) is 5.69 Å². The van der Waals surface area contributed by atoms with Crippen LogP contribution in [0.25, 0.3) is 0 Å². The van der Waals surface area contributed by atoms with Crippen molar-refractivity contribution in [3.8, 4) is 0 Å². The summed E-state index contributed by atoms with van der Waals surface area (Å²) in [5.41, 5.74) is 1.72. The number of nitrogens with zero attached hydrogens (tertiary/aromatic N) is 2. The first-order valence-corrected chi connectivity index (χ1v) is 2.92. The third-order valence-electron chi connectivity index (χ3n) is 1.09. The van der Waals surface area contributed by atoms with Crippen LogP contribution in [0.15, 0.2) is 12.4 Å². The molecule has 0 aliphatic rings. The van der Waals surface area contributed by atoms with E-state index in [0.29, 0.717) is 6.61 Å². The third kappa shape index (κ3) is 1.75. The van der Waals surface area contributed by atoms with Crippen LogP contribution in [0, 0.1) is 6.92 Å². The molecule has 1 heterocycles. The predicted molar refractivity (Wildman–Crippen MR) is 35.7 cm³/mol. The summed E-state index contributed by atoms with van der Waals surface area (Å²) in [4.78, 5) is 12.2. The molecule has 2 N–H and O–H groups in total. The SMILES string of the molecule is Cc1cc(CON)ncn1. The molecular weight excluding hydrogens is 130 g/mol. The Balaban J connectivity index is 2.75. The highest BCUT2D eigenvalue weighted by Gasteiger charge is 1.92. The van der Waals surface area contributed by atoms with Crippen LogP contribution in [0.5, 0.6) is 0 Å². The average molecular weight is 139 g/mol. The Hall–Kier alpha value is -1.00. The topological polar surface area (TPSA) is 61.0 Å². The quantitative estimate of drug-likeness (QED) is 0.593. The predicted octanol–water partition coefficient (Wildman–Crippen LogP) is 0.175. The molecule has 0 aliphatic heterocycles. The zero-order chi connectivity index (χ0) is 7.40. The smallest absolute Gasteiger partial charge is 0.116 e.